The van der Waals surface area contributed by atoms with Crippen LogP contribution in [0.4, 0.5) is 0 Å². The summed E-state index contributed by atoms with van der Waals surface area (Å²) >= 11 is 0. The molecule has 0 aliphatic carbocycles. The number of nitrogens with one attached hydrogen (secondary N) is 1. The highest BCUT2D eigenvalue weighted by atomic mass is 16.6. The van der Waals surface area contributed by atoms with E-state index in [9.17, 15) is 24.3 Å². The number of aliphatic hydroxyl groups excluding tert-OH is 1. The van der Waals surface area contributed by atoms with Gasteiger partial charge in [0.05, 0.1) is 37.3 Å². The van der Waals surface area contributed by atoms with E-state index < -0.39 is 59.6 Å². The summed E-state index contributed by atoms with van der Waals surface area (Å²) in [4.78, 5) is 60.0. The summed E-state index contributed by atoms with van der Waals surface area (Å²) in [6.45, 7) is 6.51. The van der Waals surface area contributed by atoms with Crippen LogP contribution in [0.25, 0.3) is 0 Å². The number of carbonyl (C=O) groups is 4. The second-order valence-electron chi connectivity index (χ2n) is 13.3. The minimum absolute atomic E-state index is 0.0822. The van der Waals surface area contributed by atoms with E-state index in [4.69, 9.17) is 14.2 Å². The Morgan fingerprint density at radius 2 is 1.85 bits per heavy atom. The molecule has 2 saturated heterocycles. The van der Waals surface area contributed by atoms with Gasteiger partial charge in [-0.25, -0.2) is 0 Å². The maximum atomic E-state index is 14.7. The minimum Gasteiger partial charge on any atom is -0.455 e. The molecule has 5 rings (SSSR count). The van der Waals surface area contributed by atoms with Crippen molar-refractivity contribution in [1.82, 2.24) is 15.1 Å². The van der Waals surface area contributed by atoms with Crippen molar-refractivity contribution < 1.29 is 38.5 Å². The monoisotopic (exact) mass is 651 g/mol. The Labute approximate surface area is 277 Å². The molecular formula is C36H49N3O8. The maximum Gasteiger partial charge on any atom is 0.313 e. The molecule has 8 atom stereocenters. The number of allylic oxidation sites excluding steroid dienone is 1. The van der Waals surface area contributed by atoms with E-state index in [2.05, 4.69) is 12.2 Å². The van der Waals surface area contributed by atoms with Gasteiger partial charge in [-0.3, -0.25) is 19.2 Å². The molecule has 4 heterocycles. The minimum atomic E-state index is -1.46. The van der Waals surface area contributed by atoms with Crippen LogP contribution in [0.1, 0.15) is 64.5 Å². The Bertz CT molecular complexity index is 1350. The first-order valence-electron chi connectivity index (χ1n) is 17.0. The molecular weight excluding hydrogens is 602 g/mol. The zero-order valence-electron chi connectivity index (χ0n) is 27.9. The predicted octanol–water partition coefficient (Wildman–Crippen LogP) is 2.94. The van der Waals surface area contributed by atoms with Crippen LogP contribution in [-0.2, 0) is 33.4 Å². The maximum absolute atomic E-state index is 14.7. The molecule has 2 fully saturated rings. The standard InChI is InChI=1S/C36H49N3O8/c1-5-6-12-19-38-20-13-18-36-30(33(42)39(32(36)34(38)43)26(21-40)23(2)3)29-27(47-36)16-10-11-17-28(41)37-25(22-45-4)31(46-35(29)44)24-14-8-7-9-15-24/h7-10,13-16,18,23,25-27,29-32,40H,5-6,11-12,17,19-22H2,1-4H3,(H,37,41)/b16-10-/t25-,26-,27-,29+,30+,31-,32-,36+/m0/s1. The van der Waals surface area contributed by atoms with Gasteiger partial charge >= 0.3 is 5.97 Å². The van der Waals surface area contributed by atoms with Gasteiger partial charge in [0.25, 0.3) is 0 Å². The van der Waals surface area contributed by atoms with Crippen molar-refractivity contribution in [3.8, 4) is 0 Å². The lowest BCUT2D eigenvalue weighted by molar-refractivity contribution is -0.163. The third kappa shape index (κ3) is 6.75. The van der Waals surface area contributed by atoms with Crippen LogP contribution in [-0.4, -0.2) is 102 Å². The van der Waals surface area contributed by atoms with E-state index in [-0.39, 0.29) is 37.4 Å². The lowest BCUT2D eigenvalue weighted by Gasteiger charge is -2.40. The molecule has 11 nitrogen and oxygen atoms in total. The number of cyclic esters (lactones) is 1. The second kappa shape index (κ2) is 15.1. The quantitative estimate of drug-likeness (QED) is 0.224. The smallest absolute Gasteiger partial charge is 0.313 e. The number of aliphatic hydroxyl groups is 1. The Morgan fingerprint density at radius 3 is 2.53 bits per heavy atom. The number of methoxy groups -OCH3 is 1. The fourth-order valence-corrected chi connectivity index (χ4v) is 7.61. The van der Waals surface area contributed by atoms with E-state index in [0.717, 1.165) is 19.3 Å². The molecule has 3 amide bonds. The molecule has 0 unspecified atom stereocenters. The number of hydrogen-bond donors (Lipinski definition) is 2. The Hall–Kier alpha value is -3.54. The summed E-state index contributed by atoms with van der Waals surface area (Å²) in [5.41, 5.74) is -0.803. The van der Waals surface area contributed by atoms with E-state index in [1.807, 2.05) is 50.3 Å². The van der Waals surface area contributed by atoms with Gasteiger partial charge in [-0.15, -0.1) is 0 Å². The number of rotatable bonds is 10. The molecule has 0 saturated carbocycles. The average molecular weight is 652 g/mol. The molecule has 1 spiro atoms. The molecule has 0 bridgehead atoms. The molecule has 4 aliphatic heterocycles. The van der Waals surface area contributed by atoms with Crippen molar-refractivity contribution in [2.24, 2.45) is 17.8 Å². The van der Waals surface area contributed by atoms with Crippen molar-refractivity contribution in [1.29, 1.82) is 0 Å². The predicted molar refractivity (Wildman–Crippen MR) is 174 cm³/mol. The zero-order chi connectivity index (χ0) is 33.7. The highest BCUT2D eigenvalue weighted by molar-refractivity contribution is 5.99. The molecule has 11 heteroatoms. The van der Waals surface area contributed by atoms with Gasteiger partial charge in [0, 0.05) is 26.6 Å². The van der Waals surface area contributed by atoms with Crippen LogP contribution >= 0.6 is 0 Å². The van der Waals surface area contributed by atoms with Crippen LogP contribution in [0.3, 0.4) is 0 Å². The summed E-state index contributed by atoms with van der Waals surface area (Å²) in [6.07, 6.45) is 8.70. The summed E-state index contributed by atoms with van der Waals surface area (Å²) in [6, 6.07) is 6.69. The van der Waals surface area contributed by atoms with Crippen LogP contribution in [0.2, 0.25) is 0 Å². The van der Waals surface area contributed by atoms with Gasteiger partial charge < -0.3 is 34.4 Å². The van der Waals surface area contributed by atoms with Crippen LogP contribution in [0, 0.1) is 17.8 Å². The number of fused-ring (bicyclic) bond motifs is 2. The van der Waals surface area contributed by atoms with Gasteiger partial charge in [-0.1, -0.05) is 88.2 Å². The summed E-state index contributed by atoms with van der Waals surface area (Å²) in [7, 11) is 1.51. The number of amides is 3. The van der Waals surface area contributed by atoms with Crippen LogP contribution in [0.15, 0.2) is 54.6 Å². The van der Waals surface area contributed by atoms with Gasteiger partial charge in [0.15, 0.2) is 0 Å². The first-order valence-corrected chi connectivity index (χ1v) is 17.0. The highest BCUT2D eigenvalue weighted by Crippen LogP contribution is 2.54. The molecule has 4 aliphatic rings. The molecule has 47 heavy (non-hydrogen) atoms. The number of esters is 1. The molecule has 256 valence electrons. The van der Waals surface area contributed by atoms with Crippen molar-refractivity contribution in [3.05, 3.63) is 60.2 Å². The molecule has 1 aromatic rings. The van der Waals surface area contributed by atoms with Gasteiger partial charge in [0.2, 0.25) is 17.7 Å². The molecule has 2 N–H and O–H groups in total. The first-order chi connectivity index (χ1) is 22.7. The van der Waals surface area contributed by atoms with E-state index >= 15 is 0 Å². The number of carbonyl (C=O) groups excluding carboxylic acids is 4. The second-order valence-corrected chi connectivity index (χ2v) is 13.3. The van der Waals surface area contributed by atoms with Crippen molar-refractivity contribution in [3.63, 3.8) is 0 Å². The topological polar surface area (TPSA) is 135 Å². The summed E-state index contributed by atoms with van der Waals surface area (Å²) in [5.74, 6) is -3.90. The first kappa shape index (κ1) is 34.8. The number of hydrogen-bond acceptors (Lipinski definition) is 8. The summed E-state index contributed by atoms with van der Waals surface area (Å²) in [5, 5.41) is 13.5. The lowest BCUT2D eigenvalue weighted by atomic mass is 9.77. The fraction of sp³-hybridized carbons (Fsp3) is 0.611. The fourth-order valence-electron chi connectivity index (χ4n) is 7.61. The Balaban J connectivity index is 1.61. The molecule has 0 aromatic heterocycles. The van der Waals surface area contributed by atoms with Crippen molar-refractivity contribution in [2.75, 3.05) is 33.4 Å². The van der Waals surface area contributed by atoms with E-state index in [1.165, 1.54) is 12.0 Å². The lowest BCUT2D eigenvalue weighted by Crippen LogP contribution is -2.59. The number of unbranched alkanes of at least 4 members (excludes halogenated alkanes) is 2. The van der Waals surface area contributed by atoms with Crippen molar-refractivity contribution >= 4 is 23.7 Å². The normalized spacial score (nSPS) is 32.5. The Kier molecular flexibility index (Phi) is 11.2. The largest absolute Gasteiger partial charge is 0.455 e. The highest BCUT2D eigenvalue weighted by Gasteiger charge is 2.72. The average Bonchev–Trinajstić information content (AvgIpc) is 3.44. The van der Waals surface area contributed by atoms with Gasteiger partial charge in [-0.2, -0.15) is 0 Å². The van der Waals surface area contributed by atoms with Crippen LogP contribution in [0.5, 0.6) is 0 Å². The van der Waals surface area contributed by atoms with E-state index in [1.54, 1.807) is 23.1 Å². The van der Waals surface area contributed by atoms with E-state index in [0.29, 0.717) is 25.1 Å². The number of ether oxygens (including phenoxy) is 3. The van der Waals surface area contributed by atoms with Gasteiger partial charge in [-0.05, 0) is 24.3 Å². The Morgan fingerprint density at radius 1 is 1.09 bits per heavy atom. The summed E-state index contributed by atoms with van der Waals surface area (Å²) < 4.78 is 18.6. The third-order valence-electron chi connectivity index (χ3n) is 9.93. The number of likely N-dealkylation sites (tertiary alicyclic amines) is 1. The van der Waals surface area contributed by atoms with Gasteiger partial charge in [0.1, 0.15) is 23.7 Å². The number of nitrogens with zero attached hydrogens (tertiary/aromatic N) is 2. The third-order valence-corrected chi connectivity index (χ3v) is 9.93. The number of benzene rings is 1. The zero-order valence-corrected chi connectivity index (χ0v) is 27.9. The van der Waals surface area contributed by atoms with Crippen LogP contribution < -0.4 is 5.32 Å². The molecule has 1 aromatic carbocycles. The van der Waals surface area contributed by atoms with Crippen molar-refractivity contribution in [2.45, 2.75) is 88.8 Å². The SMILES string of the molecule is CCCCCN1CC=C[C@@]23O[C@H]4/C=C\CCC(=O)N[C@@H](COC)[C@H](c5ccccc5)OC(=O)[C@H]4[C@@H]2C(=O)N([C@@H](CO)C(C)C)[C@H]3C1=O. The molecule has 0 radical (unpaired) electrons.